The Morgan fingerprint density at radius 1 is 1.50 bits per heavy atom. The van der Waals surface area contributed by atoms with Crippen molar-refractivity contribution in [3.05, 3.63) is 29.6 Å². The molecule has 1 N–H and O–H groups in total. The van der Waals surface area contributed by atoms with E-state index < -0.39 is 6.04 Å². The summed E-state index contributed by atoms with van der Waals surface area (Å²) in [5, 5.41) is 3.14. The van der Waals surface area contributed by atoms with Crippen LogP contribution in [0.4, 0.5) is 10.1 Å². The van der Waals surface area contributed by atoms with E-state index in [1.54, 1.807) is 18.0 Å². The highest BCUT2D eigenvalue weighted by Gasteiger charge is 2.34. The summed E-state index contributed by atoms with van der Waals surface area (Å²) < 4.78 is 13.2. The van der Waals surface area contributed by atoms with E-state index in [-0.39, 0.29) is 11.7 Å². The van der Waals surface area contributed by atoms with E-state index in [2.05, 4.69) is 5.32 Å². The molecule has 1 aliphatic rings. The van der Waals surface area contributed by atoms with E-state index in [1.807, 2.05) is 6.92 Å². The highest BCUT2D eigenvalue weighted by molar-refractivity contribution is 6.04. The quantitative estimate of drug-likeness (QED) is 0.846. The van der Waals surface area contributed by atoms with Gasteiger partial charge in [0.2, 0.25) is 5.91 Å². The minimum absolute atomic E-state index is 0.0194. The van der Waals surface area contributed by atoms with Crippen LogP contribution in [0.5, 0.6) is 0 Å². The SMILES string of the molecule is CCCNC1C(=O)N(C)c2ccc(F)cc21. The minimum atomic E-state index is -0.393. The van der Waals surface area contributed by atoms with Gasteiger partial charge in [-0.05, 0) is 31.2 Å². The highest BCUT2D eigenvalue weighted by Crippen LogP contribution is 2.34. The number of carbonyl (C=O) groups excluding carboxylic acids is 1. The summed E-state index contributed by atoms with van der Waals surface area (Å²) in [4.78, 5) is 13.5. The van der Waals surface area contributed by atoms with Crippen LogP contribution in [0.15, 0.2) is 18.2 Å². The molecule has 0 radical (unpaired) electrons. The number of nitrogens with zero attached hydrogens (tertiary/aromatic N) is 1. The van der Waals surface area contributed by atoms with E-state index in [9.17, 15) is 9.18 Å². The van der Waals surface area contributed by atoms with Crippen molar-refractivity contribution in [2.24, 2.45) is 0 Å². The van der Waals surface area contributed by atoms with E-state index in [0.717, 1.165) is 24.2 Å². The number of fused-ring (bicyclic) bond motifs is 1. The Morgan fingerprint density at radius 2 is 2.25 bits per heavy atom. The maximum atomic E-state index is 13.2. The molecule has 1 atom stereocenters. The smallest absolute Gasteiger partial charge is 0.248 e. The lowest BCUT2D eigenvalue weighted by atomic mass is 10.1. The van der Waals surface area contributed by atoms with Crippen LogP contribution in [-0.4, -0.2) is 19.5 Å². The number of nitrogens with one attached hydrogen (secondary N) is 1. The van der Waals surface area contributed by atoms with Crippen molar-refractivity contribution in [1.82, 2.24) is 5.32 Å². The van der Waals surface area contributed by atoms with Crippen molar-refractivity contribution in [2.75, 3.05) is 18.5 Å². The molecular weight excluding hydrogens is 207 g/mol. The Labute approximate surface area is 94.3 Å². The van der Waals surface area contributed by atoms with Crippen LogP contribution in [0.25, 0.3) is 0 Å². The van der Waals surface area contributed by atoms with Gasteiger partial charge in [0.25, 0.3) is 0 Å². The Hall–Kier alpha value is -1.42. The molecule has 0 aliphatic carbocycles. The average Bonchev–Trinajstić information content (AvgIpc) is 2.50. The summed E-state index contributed by atoms with van der Waals surface area (Å²) in [7, 11) is 1.71. The first-order chi connectivity index (χ1) is 7.65. The summed E-state index contributed by atoms with van der Waals surface area (Å²) in [5.74, 6) is -0.320. The molecule has 1 aliphatic heterocycles. The van der Waals surface area contributed by atoms with Crippen molar-refractivity contribution in [3.8, 4) is 0 Å². The van der Waals surface area contributed by atoms with Crippen LogP contribution in [0.3, 0.4) is 0 Å². The molecule has 0 aromatic heterocycles. The molecule has 16 heavy (non-hydrogen) atoms. The first kappa shape index (κ1) is 11.1. The minimum Gasteiger partial charge on any atom is -0.313 e. The van der Waals surface area contributed by atoms with Crippen LogP contribution in [-0.2, 0) is 4.79 Å². The molecule has 1 aromatic carbocycles. The largest absolute Gasteiger partial charge is 0.313 e. The van der Waals surface area contributed by atoms with Gasteiger partial charge in [-0.2, -0.15) is 0 Å². The monoisotopic (exact) mass is 222 g/mol. The molecule has 3 nitrogen and oxygen atoms in total. The van der Waals surface area contributed by atoms with Crippen LogP contribution in [0.1, 0.15) is 24.9 Å². The molecule has 0 bridgehead atoms. The van der Waals surface area contributed by atoms with Gasteiger partial charge in [-0.3, -0.25) is 4.79 Å². The first-order valence-corrected chi connectivity index (χ1v) is 5.45. The second-order valence-electron chi connectivity index (χ2n) is 3.99. The molecule has 86 valence electrons. The van der Waals surface area contributed by atoms with Crippen LogP contribution in [0, 0.1) is 5.82 Å². The normalized spacial score (nSPS) is 19.1. The number of hydrogen-bond acceptors (Lipinski definition) is 2. The number of rotatable bonds is 3. The predicted octanol–water partition coefficient (Wildman–Crippen LogP) is 1.84. The summed E-state index contributed by atoms with van der Waals surface area (Å²) >= 11 is 0. The average molecular weight is 222 g/mol. The van der Waals surface area contributed by atoms with Crippen molar-refractivity contribution in [2.45, 2.75) is 19.4 Å². The second-order valence-corrected chi connectivity index (χ2v) is 3.99. The molecule has 0 fully saturated rings. The predicted molar refractivity (Wildman–Crippen MR) is 60.8 cm³/mol. The Bertz CT molecular complexity index is 419. The zero-order valence-electron chi connectivity index (χ0n) is 9.46. The van der Waals surface area contributed by atoms with Crippen molar-refractivity contribution < 1.29 is 9.18 Å². The molecule has 4 heteroatoms. The lowest BCUT2D eigenvalue weighted by Gasteiger charge is -2.11. The zero-order chi connectivity index (χ0) is 11.7. The van der Waals surface area contributed by atoms with Gasteiger partial charge in [-0.1, -0.05) is 6.92 Å². The van der Waals surface area contributed by atoms with Gasteiger partial charge in [-0.15, -0.1) is 0 Å². The van der Waals surface area contributed by atoms with E-state index >= 15 is 0 Å². The van der Waals surface area contributed by atoms with Gasteiger partial charge in [0.1, 0.15) is 11.9 Å². The van der Waals surface area contributed by atoms with E-state index in [1.165, 1.54) is 12.1 Å². The third-order valence-corrected chi connectivity index (χ3v) is 2.84. The number of carbonyl (C=O) groups is 1. The highest BCUT2D eigenvalue weighted by atomic mass is 19.1. The second kappa shape index (κ2) is 4.22. The van der Waals surface area contributed by atoms with Gasteiger partial charge in [0, 0.05) is 18.3 Å². The number of likely N-dealkylation sites (N-methyl/N-ethyl adjacent to an activating group) is 1. The molecule has 2 rings (SSSR count). The summed E-state index contributed by atoms with van der Waals surface area (Å²) in [6.45, 7) is 2.78. The summed E-state index contributed by atoms with van der Waals surface area (Å²) in [6, 6.07) is 4.07. The van der Waals surface area contributed by atoms with Crippen LogP contribution >= 0.6 is 0 Å². The topological polar surface area (TPSA) is 32.3 Å². The number of amides is 1. The van der Waals surface area contributed by atoms with Crippen LogP contribution in [0.2, 0.25) is 0 Å². The molecule has 1 amide bonds. The molecule has 0 spiro atoms. The van der Waals surface area contributed by atoms with E-state index in [0.29, 0.717) is 0 Å². The fraction of sp³-hybridized carbons (Fsp3) is 0.417. The van der Waals surface area contributed by atoms with Gasteiger partial charge >= 0.3 is 0 Å². The standard InChI is InChI=1S/C12H15FN2O/c1-3-6-14-11-9-7-8(13)4-5-10(9)15(2)12(11)16/h4-5,7,11,14H,3,6H2,1-2H3. The number of benzene rings is 1. The molecule has 1 heterocycles. The van der Waals surface area contributed by atoms with Gasteiger partial charge in [-0.25, -0.2) is 4.39 Å². The summed E-state index contributed by atoms with van der Waals surface area (Å²) in [6.07, 6.45) is 0.943. The molecule has 0 saturated carbocycles. The lowest BCUT2D eigenvalue weighted by Crippen LogP contribution is -2.32. The maximum absolute atomic E-state index is 13.2. The van der Waals surface area contributed by atoms with Crippen molar-refractivity contribution in [1.29, 1.82) is 0 Å². The molecule has 0 saturated heterocycles. The third-order valence-electron chi connectivity index (χ3n) is 2.84. The fourth-order valence-corrected chi connectivity index (χ4v) is 1.99. The Balaban J connectivity index is 2.35. The first-order valence-electron chi connectivity index (χ1n) is 5.45. The Kier molecular flexibility index (Phi) is 2.92. The number of hydrogen-bond donors (Lipinski definition) is 1. The molecule has 1 aromatic rings. The fourth-order valence-electron chi connectivity index (χ4n) is 1.99. The van der Waals surface area contributed by atoms with Gasteiger partial charge in [0.05, 0.1) is 0 Å². The summed E-state index contributed by atoms with van der Waals surface area (Å²) in [5.41, 5.74) is 1.53. The molecule has 1 unspecified atom stereocenters. The van der Waals surface area contributed by atoms with Crippen molar-refractivity contribution >= 4 is 11.6 Å². The third kappa shape index (κ3) is 1.69. The maximum Gasteiger partial charge on any atom is 0.248 e. The number of halogens is 1. The van der Waals surface area contributed by atoms with Crippen molar-refractivity contribution in [3.63, 3.8) is 0 Å². The Morgan fingerprint density at radius 3 is 2.94 bits per heavy atom. The van der Waals surface area contributed by atoms with Gasteiger partial charge < -0.3 is 10.2 Å². The number of anilines is 1. The van der Waals surface area contributed by atoms with E-state index in [4.69, 9.17) is 0 Å². The molecular formula is C12H15FN2O. The zero-order valence-corrected chi connectivity index (χ0v) is 9.46. The van der Waals surface area contributed by atoms with Crippen LogP contribution < -0.4 is 10.2 Å². The lowest BCUT2D eigenvalue weighted by molar-refractivity contribution is -0.119. The van der Waals surface area contributed by atoms with Gasteiger partial charge in [0.15, 0.2) is 0 Å².